The first-order chi connectivity index (χ1) is 16.1. The number of nitrogens with one attached hydrogen (secondary N) is 1. The van der Waals surface area contributed by atoms with Gasteiger partial charge in [-0.05, 0) is 47.9 Å². The van der Waals surface area contributed by atoms with E-state index in [0.29, 0.717) is 18.4 Å². The van der Waals surface area contributed by atoms with E-state index < -0.39 is 0 Å². The number of aromatic nitrogens is 4. The Kier molecular flexibility index (Phi) is 8.15. The van der Waals surface area contributed by atoms with Gasteiger partial charge >= 0.3 is 0 Å². The molecule has 1 aliphatic rings. The van der Waals surface area contributed by atoms with Crippen LogP contribution < -0.4 is 5.32 Å². The van der Waals surface area contributed by atoms with E-state index in [4.69, 9.17) is 0 Å². The van der Waals surface area contributed by atoms with Crippen molar-refractivity contribution in [2.75, 3.05) is 0 Å². The van der Waals surface area contributed by atoms with Crippen LogP contribution in [-0.4, -0.2) is 25.7 Å². The summed E-state index contributed by atoms with van der Waals surface area (Å²) in [5, 5.41) is 13.0. The number of pyridine rings is 1. The molecule has 7 heteroatoms. The number of nitrogens with zero attached hydrogens (tertiary/aromatic N) is 4. The van der Waals surface area contributed by atoms with Gasteiger partial charge in [0.25, 0.3) is 0 Å². The highest BCUT2D eigenvalue weighted by atomic mass is 32.2. The second kappa shape index (κ2) is 11.5. The summed E-state index contributed by atoms with van der Waals surface area (Å²) >= 11 is 1.67. The number of benzene rings is 1. The van der Waals surface area contributed by atoms with E-state index in [9.17, 15) is 4.79 Å². The molecule has 0 radical (unpaired) electrons. The average molecular weight is 464 g/mol. The molecule has 0 unspecified atom stereocenters. The molecule has 1 amide bonds. The predicted octanol–water partition coefficient (Wildman–Crippen LogP) is 5.21. The van der Waals surface area contributed by atoms with Gasteiger partial charge in [0.05, 0.1) is 12.5 Å². The Balaban J connectivity index is 1.46. The molecule has 1 atom stereocenters. The van der Waals surface area contributed by atoms with Crippen molar-refractivity contribution in [3.8, 4) is 0 Å². The first-order valence-electron chi connectivity index (χ1n) is 11.9. The number of rotatable bonds is 10. The van der Waals surface area contributed by atoms with Crippen LogP contribution in [0, 0.1) is 11.8 Å². The number of thioether (sulfide) groups is 1. The van der Waals surface area contributed by atoms with Crippen molar-refractivity contribution in [2.24, 2.45) is 11.8 Å². The van der Waals surface area contributed by atoms with Crippen LogP contribution in [0.4, 0.5) is 0 Å². The molecule has 0 bridgehead atoms. The molecule has 2 aromatic heterocycles. The van der Waals surface area contributed by atoms with Crippen LogP contribution >= 0.6 is 11.8 Å². The smallest absolute Gasteiger partial charge is 0.228 e. The molecular weight excluding hydrogens is 430 g/mol. The van der Waals surface area contributed by atoms with Crippen molar-refractivity contribution in [2.45, 2.75) is 69.4 Å². The van der Waals surface area contributed by atoms with Crippen molar-refractivity contribution in [3.63, 3.8) is 0 Å². The zero-order chi connectivity index (χ0) is 23.0. The maximum Gasteiger partial charge on any atom is 0.228 e. The Morgan fingerprint density at radius 1 is 1.09 bits per heavy atom. The summed E-state index contributed by atoms with van der Waals surface area (Å²) in [7, 11) is 0. The van der Waals surface area contributed by atoms with Gasteiger partial charge in [-0.1, -0.05) is 68.8 Å². The molecule has 1 aromatic carbocycles. The van der Waals surface area contributed by atoms with Crippen LogP contribution in [0.3, 0.4) is 0 Å². The second-order valence-corrected chi connectivity index (χ2v) is 10.1. The topological polar surface area (TPSA) is 72.7 Å². The fourth-order valence-corrected chi connectivity index (χ4v) is 5.52. The van der Waals surface area contributed by atoms with Crippen LogP contribution in [0.15, 0.2) is 60.0 Å². The Morgan fingerprint density at radius 2 is 1.82 bits per heavy atom. The highest BCUT2D eigenvalue weighted by Crippen LogP contribution is 2.37. The molecule has 33 heavy (non-hydrogen) atoms. The number of hydrogen-bond acceptors (Lipinski definition) is 5. The van der Waals surface area contributed by atoms with E-state index in [1.54, 1.807) is 11.8 Å². The molecule has 2 heterocycles. The average Bonchev–Trinajstić information content (AvgIpc) is 3.48. The van der Waals surface area contributed by atoms with Gasteiger partial charge in [0.2, 0.25) is 5.91 Å². The Morgan fingerprint density at radius 3 is 2.52 bits per heavy atom. The second-order valence-electron chi connectivity index (χ2n) is 9.20. The largest absolute Gasteiger partial charge is 0.348 e. The molecule has 1 fully saturated rings. The third-order valence-electron chi connectivity index (χ3n) is 6.19. The van der Waals surface area contributed by atoms with Gasteiger partial charge < -0.3 is 9.88 Å². The van der Waals surface area contributed by atoms with Crippen molar-refractivity contribution in [1.29, 1.82) is 0 Å². The highest BCUT2D eigenvalue weighted by molar-refractivity contribution is 7.98. The van der Waals surface area contributed by atoms with Gasteiger partial charge in [-0.2, -0.15) is 0 Å². The maximum absolute atomic E-state index is 13.4. The van der Waals surface area contributed by atoms with E-state index in [0.717, 1.165) is 41.7 Å². The van der Waals surface area contributed by atoms with Crippen LogP contribution in [-0.2, 0) is 23.6 Å². The summed E-state index contributed by atoms with van der Waals surface area (Å²) in [6.45, 7) is 5.59. The zero-order valence-electron chi connectivity index (χ0n) is 19.5. The lowest BCUT2D eigenvalue weighted by molar-refractivity contribution is -0.124. The molecule has 1 N–H and O–H groups in total. The van der Waals surface area contributed by atoms with Gasteiger partial charge in [-0.3, -0.25) is 9.78 Å². The van der Waals surface area contributed by atoms with Crippen molar-refractivity contribution >= 4 is 17.7 Å². The molecular formula is C26H33N5OS. The summed E-state index contributed by atoms with van der Waals surface area (Å²) in [6, 6.07) is 14.3. The number of carbonyl (C=O) groups excluding carboxylic acids is 1. The van der Waals surface area contributed by atoms with Gasteiger partial charge in [0.15, 0.2) is 11.0 Å². The normalized spacial score (nSPS) is 15.1. The highest BCUT2D eigenvalue weighted by Gasteiger charge is 2.32. The van der Waals surface area contributed by atoms with Gasteiger partial charge in [0, 0.05) is 24.7 Å². The summed E-state index contributed by atoms with van der Waals surface area (Å²) in [4.78, 5) is 17.5. The summed E-state index contributed by atoms with van der Waals surface area (Å²) in [5.74, 6) is 2.48. The summed E-state index contributed by atoms with van der Waals surface area (Å²) < 4.78 is 2.16. The molecule has 174 valence electrons. The van der Waals surface area contributed by atoms with Crippen LogP contribution in [0.25, 0.3) is 0 Å². The third kappa shape index (κ3) is 6.22. The quantitative estimate of drug-likeness (QED) is 0.418. The number of carbonyl (C=O) groups is 1. The Labute approximate surface area is 200 Å². The van der Waals surface area contributed by atoms with Crippen LogP contribution in [0.5, 0.6) is 0 Å². The monoisotopic (exact) mass is 463 g/mol. The molecule has 6 nitrogen and oxygen atoms in total. The van der Waals surface area contributed by atoms with Crippen molar-refractivity contribution in [1.82, 2.24) is 25.1 Å². The van der Waals surface area contributed by atoms with Gasteiger partial charge in [-0.15, -0.1) is 10.2 Å². The molecule has 0 saturated heterocycles. The van der Waals surface area contributed by atoms with Crippen LogP contribution in [0.1, 0.15) is 62.4 Å². The molecule has 0 spiro atoms. The number of amides is 1. The molecule has 0 aliphatic heterocycles. The first-order valence-corrected chi connectivity index (χ1v) is 12.9. The lowest BCUT2D eigenvalue weighted by Gasteiger charge is -2.23. The zero-order valence-corrected chi connectivity index (χ0v) is 20.3. The lowest BCUT2D eigenvalue weighted by atomic mass is 9.84. The van der Waals surface area contributed by atoms with E-state index in [-0.39, 0.29) is 11.8 Å². The molecule has 1 saturated carbocycles. The van der Waals surface area contributed by atoms with Crippen molar-refractivity contribution < 1.29 is 4.79 Å². The fraction of sp³-hybridized carbons (Fsp3) is 0.462. The van der Waals surface area contributed by atoms with Gasteiger partial charge in [-0.25, -0.2) is 0 Å². The Bertz CT molecular complexity index is 1020. The van der Waals surface area contributed by atoms with E-state index in [1.165, 1.54) is 18.4 Å². The minimum atomic E-state index is -0.101. The standard InChI is InChI=1S/C26H33N5OS/c1-19(2)17-31-23(29-30-26(31)33-18-20-12-14-27-15-13-20)16-28-25(32)24(22-10-6-7-11-22)21-8-4-3-5-9-21/h3-5,8-9,12-15,19,22,24H,6-7,10-11,16-18H2,1-2H3,(H,28,32)/t24-/m0/s1. The van der Waals surface area contributed by atoms with E-state index >= 15 is 0 Å². The number of hydrogen-bond donors (Lipinski definition) is 1. The predicted molar refractivity (Wildman–Crippen MR) is 132 cm³/mol. The molecule has 3 aromatic rings. The lowest BCUT2D eigenvalue weighted by Crippen LogP contribution is -2.33. The first kappa shape index (κ1) is 23.5. The minimum Gasteiger partial charge on any atom is -0.348 e. The maximum atomic E-state index is 13.4. The van der Waals surface area contributed by atoms with E-state index in [2.05, 4.69) is 51.0 Å². The minimum absolute atomic E-state index is 0.0955. The van der Waals surface area contributed by atoms with Crippen molar-refractivity contribution in [3.05, 3.63) is 71.8 Å². The SMILES string of the molecule is CC(C)Cn1c(CNC(=O)[C@@H](c2ccccc2)C2CCCC2)nnc1SCc1ccncc1. The van der Waals surface area contributed by atoms with Crippen LogP contribution in [0.2, 0.25) is 0 Å². The summed E-state index contributed by atoms with van der Waals surface area (Å²) in [6.07, 6.45) is 8.27. The Hall–Kier alpha value is -2.67. The summed E-state index contributed by atoms with van der Waals surface area (Å²) in [5.41, 5.74) is 2.31. The molecule has 1 aliphatic carbocycles. The third-order valence-corrected chi connectivity index (χ3v) is 7.23. The molecule has 4 rings (SSSR count). The van der Waals surface area contributed by atoms with E-state index in [1.807, 2.05) is 42.7 Å². The van der Waals surface area contributed by atoms with Gasteiger partial charge in [0.1, 0.15) is 0 Å². The fourth-order valence-electron chi connectivity index (χ4n) is 4.60.